The number of benzene rings is 3. The van der Waals surface area contributed by atoms with Gasteiger partial charge in [0.1, 0.15) is 0 Å². The number of rotatable bonds is 3. The minimum Gasteiger partial charge on any atom is -1.00 e. The van der Waals surface area contributed by atoms with E-state index in [4.69, 9.17) is 0 Å². The molecule has 4 aliphatic carbocycles. The quantitative estimate of drug-likeness (QED) is 0.366. The van der Waals surface area contributed by atoms with Crippen molar-refractivity contribution in [1.29, 1.82) is 0 Å². The van der Waals surface area contributed by atoms with E-state index in [0.29, 0.717) is 9.54 Å². The van der Waals surface area contributed by atoms with Crippen LogP contribution < -0.4 is 24.8 Å². The first-order valence-electron chi connectivity index (χ1n) is 15.8. The van der Waals surface area contributed by atoms with Crippen LogP contribution in [0.25, 0.3) is 22.3 Å². The minimum absolute atomic E-state index is 0. The molecule has 0 amide bonds. The van der Waals surface area contributed by atoms with Gasteiger partial charge in [0, 0.05) is 0 Å². The topological polar surface area (TPSA) is 0 Å². The van der Waals surface area contributed by atoms with Gasteiger partial charge in [0.2, 0.25) is 0 Å². The third-order valence-corrected chi connectivity index (χ3v) is 18.3. The maximum Gasteiger partial charge on any atom is -1.00 e. The number of hydrogen-bond donors (Lipinski definition) is 0. The second-order valence-electron chi connectivity index (χ2n) is 14.7. The van der Waals surface area contributed by atoms with Crippen molar-refractivity contribution in [2.45, 2.75) is 82.7 Å². The standard InChI is InChI=1S/C27H29.C7H9.C7H6.2ClH.Zr/c1-16-7-9-26(3,4)24-12-18-11-19-13-25-21(17(2)8-10-27(25,5)6)15-23(19)22(18)14-20(16)24;1-6-3-4-7(2)5-6;1-7-5-3-2-4-6-7;;;/h7-8,11-15H,9-10H2,1-6H3;3,5,7H,1-2H3;1-6H;2*1H;/q;;;;;+2/p-2. The second kappa shape index (κ2) is 12.0. The fraction of sp³-hybridized carbons (Fsp3) is 0.341. The molecule has 0 saturated carbocycles. The monoisotopic (exact) mass is 696 g/mol. The predicted octanol–water partition coefficient (Wildman–Crippen LogP) is 4.88. The van der Waals surface area contributed by atoms with Gasteiger partial charge in [0.25, 0.3) is 0 Å². The molecule has 0 saturated heterocycles. The van der Waals surface area contributed by atoms with Crippen molar-refractivity contribution < 1.29 is 46.1 Å². The summed E-state index contributed by atoms with van der Waals surface area (Å²) >= 11 is -2.49. The fourth-order valence-corrected chi connectivity index (χ4v) is 16.3. The van der Waals surface area contributed by atoms with Crippen LogP contribution in [-0.4, -0.2) is 3.71 Å². The molecule has 0 fully saturated rings. The third-order valence-electron chi connectivity index (χ3n) is 10.6. The summed E-state index contributed by atoms with van der Waals surface area (Å²) in [5, 5.41) is 0. The van der Waals surface area contributed by atoms with Crippen molar-refractivity contribution in [2.75, 3.05) is 0 Å². The van der Waals surface area contributed by atoms with Crippen molar-refractivity contribution in [3.05, 3.63) is 127 Å². The number of halogens is 2. The molecule has 0 nitrogen and oxygen atoms in total. The first-order valence-corrected chi connectivity index (χ1v) is 19.9. The van der Waals surface area contributed by atoms with E-state index < -0.39 is 21.3 Å². The summed E-state index contributed by atoms with van der Waals surface area (Å²) in [6.45, 7) is 19.1. The Hall–Kier alpha value is -2.05. The van der Waals surface area contributed by atoms with Crippen LogP contribution in [0.3, 0.4) is 0 Å². The molecule has 226 valence electrons. The maximum absolute atomic E-state index is 2.77. The number of allylic oxidation sites excluding steroid dienone is 8. The maximum atomic E-state index is 2.77. The van der Waals surface area contributed by atoms with Crippen LogP contribution >= 0.6 is 0 Å². The first kappa shape index (κ1) is 33.3. The molecule has 1 atom stereocenters. The van der Waals surface area contributed by atoms with Crippen LogP contribution in [0.15, 0.2) is 87.8 Å². The Morgan fingerprint density at radius 1 is 0.705 bits per heavy atom. The average molecular weight is 699 g/mol. The molecule has 3 heteroatoms. The molecular formula is C41H44Cl2Zr. The molecule has 0 radical (unpaired) electrons. The largest absolute Gasteiger partial charge is 1.00 e. The Morgan fingerprint density at radius 2 is 1.20 bits per heavy atom. The number of fused-ring (bicyclic) bond motifs is 5. The van der Waals surface area contributed by atoms with Crippen molar-refractivity contribution in [3.63, 3.8) is 0 Å². The molecule has 0 aromatic heterocycles. The predicted molar refractivity (Wildman–Crippen MR) is 179 cm³/mol. The van der Waals surface area contributed by atoms with E-state index in [2.05, 4.69) is 138 Å². The Bertz CT molecular complexity index is 1720. The van der Waals surface area contributed by atoms with Gasteiger partial charge in [0.15, 0.2) is 0 Å². The van der Waals surface area contributed by atoms with Gasteiger partial charge in [-0.25, -0.2) is 0 Å². The average Bonchev–Trinajstić information content (AvgIpc) is 3.46. The van der Waals surface area contributed by atoms with E-state index in [1.165, 1.54) is 44.5 Å². The minimum atomic E-state index is -2.49. The molecule has 0 heterocycles. The van der Waals surface area contributed by atoms with Crippen molar-refractivity contribution >= 4 is 14.9 Å². The van der Waals surface area contributed by atoms with Gasteiger partial charge in [-0.15, -0.1) is 0 Å². The van der Waals surface area contributed by atoms with E-state index >= 15 is 0 Å². The molecule has 0 bridgehead atoms. The zero-order valence-electron chi connectivity index (χ0n) is 27.4. The van der Waals surface area contributed by atoms with E-state index in [1.807, 2.05) is 0 Å². The molecular weight excluding hydrogens is 655 g/mol. The Morgan fingerprint density at radius 3 is 1.66 bits per heavy atom. The third kappa shape index (κ3) is 5.40. The van der Waals surface area contributed by atoms with Crippen LogP contribution in [0.2, 0.25) is 0 Å². The fourth-order valence-electron chi connectivity index (χ4n) is 8.03. The van der Waals surface area contributed by atoms with E-state index in [-0.39, 0.29) is 35.6 Å². The van der Waals surface area contributed by atoms with Gasteiger partial charge >= 0.3 is 263 Å². The van der Waals surface area contributed by atoms with Crippen LogP contribution in [0.1, 0.15) is 111 Å². The van der Waals surface area contributed by atoms with Crippen molar-refractivity contribution in [1.82, 2.24) is 0 Å². The van der Waals surface area contributed by atoms with Crippen LogP contribution in [0.4, 0.5) is 0 Å². The summed E-state index contributed by atoms with van der Waals surface area (Å²) in [6, 6.07) is 21.8. The molecule has 0 spiro atoms. The normalized spacial score (nSPS) is 20.5. The van der Waals surface area contributed by atoms with Crippen LogP contribution in [0, 0.1) is 5.92 Å². The molecule has 3 aromatic carbocycles. The van der Waals surface area contributed by atoms with Crippen LogP contribution in [0.5, 0.6) is 0 Å². The summed E-state index contributed by atoms with van der Waals surface area (Å²) in [4.78, 5) is 0. The Balaban J connectivity index is 0.00000192. The van der Waals surface area contributed by atoms with E-state index in [1.54, 1.807) is 25.5 Å². The van der Waals surface area contributed by atoms with E-state index in [0.717, 1.165) is 12.8 Å². The summed E-state index contributed by atoms with van der Waals surface area (Å²) in [5.74, 6) is 0.519. The van der Waals surface area contributed by atoms with E-state index in [9.17, 15) is 0 Å². The second-order valence-corrected chi connectivity index (χ2v) is 20.4. The molecule has 44 heavy (non-hydrogen) atoms. The van der Waals surface area contributed by atoms with Gasteiger partial charge in [-0.3, -0.25) is 0 Å². The zero-order valence-corrected chi connectivity index (χ0v) is 31.4. The molecule has 3 aromatic rings. The SMILES string of the molecule is CC1=CC(C)[C](/[Zr+2](=[CH]\c2ccccc2)[CH]2c3cc4c(cc3-c3cc5c(cc32)C(C)(C)CC=C5C)C(C)=CCC4(C)C)=C1.[Cl-].[Cl-]. The molecule has 1 unspecified atom stereocenters. The van der Waals surface area contributed by atoms with Gasteiger partial charge < -0.3 is 24.8 Å². The Kier molecular flexibility index (Phi) is 9.05. The van der Waals surface area contributed by atoms with Gasteiger partial charge in [-0.2, -0.15) is 0 Å². The molecule has 0 N–H and O–H groups in total. The molecule has 0 aliphatic heterocycles. The van der Waals surface area contributed by atoms with Crippen LogP contribution in [-0.2, 0) is 32.1 Å². The van der Waals surface area contributed by atoms with Crippen molar-refractivity contribution in [2.24, 2.45) is 5.92 Å². The smallest absolute Gasteiger partial charge is 1.00 e. The molecule has 7 rings (SSSR count). The first-order chi connectivity index (χ1) is 19.9. The van der Waals surface area contributed by atoms with Gasteiger partial charge in [-0.05, 0) is 0 Å². The van der Waals surface area contributed by atoms with Crippen molar-refractivity contribution in [3.8, 4) is 11.1 Å². The Labute approximate surface area is 285 Å². The summed E-state index contributed by atoms with van der Waals surface area (Å²) in [6.07, 6.45) is 12.2. The molecule has 4 aliphatic rings. The summed E-state index contributed by atoms with van der Waals surface area (Å²) in [7, 11) is 0. The van der Waals surface area contributed by atoms with Gasteiger partial charge in [0.05, 0.1) is 0 Å². The summed E-state index contributed by atoms with van der Waals surface area (Å²) in [5.41, 5.74) is 18.2. The summed E-state index contributed by atoms with van der Waals surface area (Å²) < 4.78 is 4.99. The van der Waals surface area contributed by atoms with Gasteiger partial charge in [-0.1, -0.05) is 0 Å². The number of hydrogen-bond acceptors (Lipinski definition) is 0. The zero-order chi connectivity index (χ0) is 29.6.